The highest BCUT2D eigenvalue weighted by molar-refractivity contribution is 7.99. The van der Waals surface area contributed by atoms with Crippen molar-refractivity contribution >= 4 is 23.4 Å². The van der Waals surface area contributed by atoms with Gasteiger partial charge in [0, 0.05) is 28.8 Å². The van der Waals surface area contributed by atoms with Crippen LogP contribution in [0.15, 0.2) is 72.1 Å². The number of benzene rings is 2. The summed E-state index contributed by atoms with van der Waals surface area (Å²) in [4.78, 5) is 13.1. The van der Waals surface area contributed by atoms with Crippen LogP contribution in [0.5, 0.6) is 5.75 Å². The van der Waals surface area contributed by atoms with Gasteiger partial charge in [-0.25, -0.2) is 0 Å². The first-order chi connectivity index (χ1) is 10.8. The molecule has 1 N–H and O–H groups in total. The van der Waals surface area contributed by atoms with E-state index in [0.29, 0.717) is 13.0 Å². The molecule has 0 aliphatic rings. The van der Waals surface area contributed by atoms with Crippen molar-refractivity contribution in [1.82, 2.24) is 0 Å². The Morgan fingerprint density at radius 3 is 2.77 bits per heavy atom. The number of nitrogens with one attached hydrogen (secondary N) is 1. The topological polar surface area (TPSA) is 38.3 Å². The van der Waals surface area contributed by atoms with Crippen molar-refractivity contribution in [2.75, 3.05) is 17.7 Å². The molecule has 114 valence electrons. The van der Waals surface area contributed by atoms with Gasteiger partial charge >= 0.3 is 0 Å². The minimum Gasteiger partial charge on any atom is -0.489 e. The number of ether oxygens (including phenoxy) is 1. The van der Waals surface area contributed by atoms with Crippen LogP contribution >= 0.6 is 11.8 Å². The molecule has 2 aromatic carbocycles. The van der Waals surface area contributed by atoms with E-state index >= 15 is 0 Å². The van der Waals surface area contributed by atoms with Gasteiger partial charge in [-0.2, -0.15) is 0 Å². The smallest absolute Gasteiger partial charge is 0.225 e. The second-order valence-corrected chi connectivity index (χ2v) is 5.76. The highest BCUT2D eigenvalue weighted by atomic mass is 32.2. The third kappa shape index (κ3) is 5.66. The fraction of sp³-hybridized carbons (Fsp3) is 0.167. The number of anilines is 1. The first-order valence-electron chi connectivity index (χ1n) is 7.09. The van der Waals surface area contributed by atoms with Gasteiger partial charge in [0.1, 0.15) is 12.4 Å². The Balaban J connectivity index is 1.78. The summed E-state index contributed by atoms with van der Waals surface area (Å²) in [7, 11) is 0. The van der Waals surface area contributed by atoms with Crippen LogP contribution in [-0.4, -0.2) is 18.3 Å². The lowest BCUT2D eigenvalue weighted by Crippen LogP contribution is -2.12. The van der Waals surface area contributed by atoms with E-state index in [-0.39, 0.29) is 5.91 Å². The zero-order valence-electron chi connectivity index (χ0n) is 12.3. The SMILES string of the molecule is C=CCOc1cccc(NC(=O)CCSc2ccccc2)c1. The number of thioether (sulfide) groups is 1. The van der Waals surface area contributed by atoms with Gasteiger partial charge in [0.05, 0.1) is 0 Å². The molecule has 4 heteroatoms. The van der Waals surface area contributed by atoms with Gasteiger partial charge in [-0.15, -0.1) is 11.8 Å². The number of amides is 1. The van der Waals surface area contributed by atoms with Crippen molar-refractivity contribution in [3.05, 3.63) is 67.3 Å². The summed E-state index contributed by atoms with van der Waals surface area (Å²) in [5, 5.41) is 2.89. The van der Waals surface area contributed by atoms with Crippen molar-refractivity contribution in [2.24, 2.45) is 0 Å². The fourth-order valence-corrected chi connectivity index (χ4v) is 2.69. The maximum Gasteiger partial charge on any atom is 0.225 e. The molecule has 0 bridgehead atoms. The van der Waals surface area contributed by atoms with Crippen LogP contribution in [0.1, 0.15) is 6.42 Å². The molecule has 0 aliphatic carbocycles. The summed E-state index contributed by atoms with van der Waals surface area (Å²) in [5.41, 5.74) is 0.747. The van der Waals surface area contributed by atoms with Crippen LogP contribution in [0.4, 0.5) is 5.69 Å². The third-order valence-electron chi connectivity index (χ3n) is 2.83. The molecule has 1 amide bonds. The molecule has 0 saturated carbocycles. The van der Waals surface area contributed by atoms with E-state index in [9.17, 15) is 4.79 Å². The van der Waals surface area contributed by atoms with Crippen LogP contribution in [0, 0.1) is 0 Å². The van der Waals surface area contributed by atoms with Crippen LogP contribution in [0.3, 0.4) is 0 Å². The van der Waals surface area contributed by atoms with Crippen molar-refractivity contribution in [3.63, 3.8) is 0 Å². The van der Waals surface area contributed by atoms with Crippen LogP contribution < -0.4 is 10.1 Å². The van der Waals surface area contributed by atoms with Gasteiger partial charge in [0.15, 0.2) is 0 Å². The third-order valence-corrected chi connectivity index (χ3v) is 3.84. The van der Waals surface area contributed by atoms with E-state index in [4.69, 9.17) is 4.74 Å². The zero-order valence-corrected chi connectivity index (χ0v) is 13.1. The van der Waals surface area contributed by atoms with E-state index in [0.717, 1.165) is 17.2 Å². The van der Waals surface area contributed by atoms with Crippen molar-refractivity contribution in [3.8, 4) is 5.75 Å². The standard InChI is InChI=1S/C18H19NO2S/c1-2-12-21-16-8-6-7-15(14-16)19-18(20)11-13-22-17-9-4-3-5-10-17/h2-10,14H,1,11-13H2,(H,19,20). The summed E-state index contributed by atoms with van der Waals surface area (Å²) in [6.45, 7) is 4.06. The Bertz CT molecular complexity index is 613. The number of hydrogen-bond donors (Lipinski definition) is 1. The molecule has 22 heavy (non-hydrogen) atoms. The summed E-state index contributed by atoms with van der Waals surface area (Å²) in [5.74, 6) is 1.48. The maximum atomic E-state index is 11.9. The Morgan fingerprint density at radius 1 is 1.18 bits per heavy atom. The van der Waals surface area contributed by atoms with Crippen molar-refractivity contribution < 1.29 is 9.53 Å². The van der Waals surface area contributed by atoms with Gasteiger partial charge in [-0.3, -0.25) is 4.79 Å². The minimum absolute atomic E-state index is 0.00398. The highest BCUT2D eigenvalue weighted by Gasteiger charge is 2.04. The molecule has 0 saturated heterocycles. The quantitative estimate of drug-likeness (QED) is 0.581. The molecule has 0 radical (unpaired) electrons. The van der Waals surface area contributed by atoms with E-state index in [1.807, 2.05) is 54.6 Å². The Hall–Kier alpha value is -2.20. The summed E-state index contributed by atoms with van der Waals surface area (Å²) < 4.78 is 5.44. The van der Waals surface area contributed by atoms with Gasteiger partial charge < -0.3 is 10.1 Å². The molecule has 0 unspecified atom stereocenters. The van der Waals surface area contributed by atoms with Crippen LogP contribution in [0.2, 0.25) is 0 Å². The zero-order chi connectivity index (χ0) is 15.6. The molecule has 0 atom stereocenters. The van der Waals surface area contributed by atoms with Gasteiger partial charge in [0.25, 0.3) is 0 Å². The van der Waals surface area contributed by atoms with E-state index in [1.54, 1.807) is 17.8 Å². The summed E-state index contributed by atoms with van der Waals surface area (Å²) in [6, 6.07) is 17.4. The average molecular weight is 313 g/mol. The lowest BCUT2D eigenvalue weighted by Gasteiger charge is -2.08. The molecule has 0 heterocycles. The van der Waals surface area contributed by atoms with E-state index in [1.165, 1.54) is 4.90 Å². The monoisotopic (exact) mass is 313 g/mol. The Kier molecular flexibility index (Phi) is 6.58. The average Bonchev–Trinajstić information content (AvgIpc) is 2.54. The van der Waals surface area contributed by atoms with E-state index in [2.05, 4.69) is 11.9 Å². The molecule has 0 spiro atoms. The first-order valence-corrected chi connectivity index (χ1v) is 8.08. The first kappa shape index (κ1) is 16.2. The summed E-state index contributed by atoms with van der Waals surface area (Å²) in [6.07, 6.45) is 2.16. The number of carbonyl (C=O) groups is 1. The molecule has 0 aliphatic heterocycles. The number of rotatable bonds is 8. The van der Waals surface area contributed by atoms with Crippen molar-refractivity contribution in [1.29, 1.82) is 0 Å². The molecule has 2 rings (SSSR count). The Labute approximate surface area is 135 Å². The second-order valence-electron chi connectivity index (χ2n) is 4.59. The molecule has 0 fully saturated rings. The second kappa shape index (κ2) is 8.95. The maximum absolute atomic E-state index is 11.9. The molecular weight excluding hydrogens is 294 g/mol. The number of hydrogen-bond acceptors (Lipinski definition) is 3. The largest absolute Gasteiger partial charge is 0.489 e. The van der Waals surface area contributed by atoms with Gasteiger partial charge in [0.2, 0.25) is 5.91 Å². The lowest BCUT2D eigenvalue weighted by molar-refractivity contribution is -0.115. The molecule has 3 nitrogen and oxygen atoms in total. The number of carbonyl (C=O) groups excluding carboxylic acids is 1. The van der Waals surface area contributed by atoms with Crippen LogP contribution in [0.25, 0.3) is 0 Å². The van der Waals surface area contributed by atoms with Gasteiger partial charge in [-0.1, -0.05) is 36.9 Å². The molecular formula is C18H19NO2S. The summed E-state index contributed by atoms with van der Waals surface area (Å²) >= 11 is 1.68. The predicted molar refractivity (Wildman–Crippen MR) is 92.5 cm³/mol. The molecule has 2 aromatic rings. The predicted octanol–water partition coefficient (Wildman–Crippen LogP) is 4.37. The Morgan fingerprint density at radius 2 is 2.00 bits per heavy atom. The van der Waals surface area contributed by atoms with Gasteiger partial charge in [-0.05, 0) is 24.3 Å². The van der Waals surface area contributed by atoms with Crippen LogP contribution in [-0.2, 0) is 4.79 Å². The lowest BCUT2D eigenvalue weighted by atomic mass is 10.3. The fourth-order valence-electron chi connectivity index (χ4n) is 1.82. The van der Waals surface area contributed by atoms with E-state index < -0.39 is 0 Å². The molecule has 0 aromatic heterocycles. The normalized spacial score (nSPS) is 10.0. The van der Waals surface area contributed by atoms with Crippen molar-refractivity contribution in [2.45, 2.75) is 11.3 Å². The minimum atomic E-state index is 0.00398. The highest BCUT2D eigenvalue weighted by Crippen LogP contribution is 2.20.